The molecule has 0 spiro atoms. The van der Waals surface area contributed by atoms with Crippen molar-refractivity contribution in [3.8, 4) is 0 Å². The quantitative estimate of drug-likeness (QED) is 0.137. The van der Waals surface area contributed by atoms with Crippen molar-refractivity contribution in [2.24, 2.45) is 0 Å². The lowest BCUT2D eigenvalue weighted by Gasteiger charge is -2.32. The molecule has 14 nitrogen and oxygen atoms in total. The highest BCUT2D eigenvalue weighted by Crippen LogP contribution is 2.23. The van der Waals surface area contributed by atoms with E-state index in [2.05, 4.69) is 31.9 Å². The Kier molecular flexibility index (Phi) is 15.1. The fourth-order valence-electron chi connectivity index (χ4n) is 6.52. The van der Waals surface area contributed by atoms with Crippen LogP contribution in [0.4, 0.5) is 0 Å². The van der Waals surface area contributed by atoms with Crippen LogP contribution in [0.2, 0.25) is 0 Å². The Morgan fingerprint density at radius 1 is 0.615 bits per heavy atom. The summed E-state index contributed by atoms with van der Waals surface area (Å²) >= 11 is 0. The summed E-state index contributed by atoms with van der Waals surface area (Å²) < 4.78 is 0. The van der Waals surface area contributed by atoms with Gasteiger partial charge >= 0.3 is 0 Å². The molecule has 0 aliphatic carbocycles. The molecule has 6 N–H and O–H groups in total. The summed E-state index contributed by atoms with van der Waals surface area (Å²) in [6, 6.07) is 14.1. The van der Waals surface area contributed by atoms with Gasteiger partial charge in [0.2, 0.25) is 35.4 Å². The molecule has 14 heteroatoms. The molecule has 0 radical (unpaired) electrons. The number of likely N-dealkylation sites (tertiary alicyclic amines) is 2. The molecule has 6 amide bonds. The van der Waals surface area contributed by atoms with Gasteiger partial charge in [-0.05, 0) is 77.6 Å². The number of rotatable bonds is 17. The van der Waals surface area contributed by atoms with E-state index >= 15 is 0 Å². The Morgan fingerprint density at radius 2 is 0.981 bits per heavy atom. The van der Waals surface area contributed by atoms with E-state index in [-0.39, 0.29) is 24.7 Å². The molecule has 52 heavy (non-hydrogen) atoms. The Balaban J connectivity index is 1.51. The third kappa shape index (κ3) is 10.8. The Morgan fingerprint density at radius 3 is 1.33 bits per heavy atom. The van der Waals surface area contributed by atoms with Crippen molar-refractivity contribution in [2.75, 3.05) is 27.2 Å². The maximum atomic E-state index is 14.2. The summed E-state index contributed by atoms with van der Waals surface area (Å²) in [5.74, 6) is -2.28. The average molecular weight is 719 g/mol. The molecule has 2 heterocycles. The first-order chi connectivity index (χ1) is 25.0. The average Bonchev–Trinajstić information content (AvgIpc) is 3.87. The SMILES string of the molecule is CN[C@@H](C)C(=O)N[C@@H](CC[C@H](NC(=O)[C@H](C)NC)C(=O)N1CCC[C@H]1C(=O)NCc1ccccc1)C(=O)N1CCC[C@H]1C(=O)NCc1ccccc1. The molecule has 6 atom stereocenters. The summed E-state index contributed by atoms with van der Waals surface area (Å²) in [5, 5.41) is 17.3. The van der Waals surface area contributed by atoms with E-state index < -0.39 is 59.9 Å². The van der Waals surface area contributed by atoms with Gasteiger partial charge in [-0.15, -0.1) is 0 Å². The monoisotopic (exact) mass is 718 g/mol. The maximum absolute atomic E-state index is 14.2. The van der Waals surface area contributed by atoms with E-state index in [4.69, 9.17) is 0 Å². The number of nitrogens with one attached hydrogen (secondary N) is 6. The summed E-state index contributed by atoms with van der Waals surface area (Å²) in [5.41, 5.74) is 1.86. The van der Waals surface area contributed by atoms with Crippen molar-refractivity contribution in [2.45, 2.75) is 102 Å². The van der Waals surface area contributed by atoms with Crippen LogP contribution in [-0.4, -0.2) is 109 Å². The molecule has 2 aromatic rings. The van der Waals surface area contributed by atoms with Crippen molar-refractivity contribution in [1.82, 2.24) is 41.7 Å². The van der Waals surface area contributed by atoms with E-state index in [0.29, 0.717) is 51.9 Å². The fraction of sp³-hybridized carbons (Fsp3) is 0.526. The highest BCUT2D eigenvalue weighted by atomic mass is 16.2. The van der Waals surface area contributed by atoms with E-state index in [1.807, 2.05) is 60.7 Å². The third-order valence-electron chi connectivity index (χ3n) is 9.92. The second kappa shape index (κ2) is 19.7. The van der Waals surface area contributed by atoms with Crippen LogP contribution in [0, 0.1) is 0 Å². The van der Waals surface area contributed by atoms with Crippen LogP contribution in [0.15, 0.2) is 60.7 Å². The van der Waals surface area contributed by atoms with Crippen molar-refractivity contribution in [3.63, 3.8) is 0 Å². The van der Waals surface area contributed by atoms with Gasteiger partial charge in [0.05, 0.1) is 12.1 Å². The molecular weight excluding hydrogens is 664 g/mol. The topological polar surface area (TPSA) is 181 Å². The number of likely N-dealkylation sites (N-methyl/N-ethyl adjacent to an activating group) is 2. The maximum Gasteiger partial charge on any atom is 0.245 e. The summed E-state index contributed by atoms with van der Waals surface area (Å²) in [7, 11) is 3.26. The van der Waals surface area contributed by atoms with Crippen molar-refractivity contribution in [1.29, 1.82) is 0 Å². The molecule has 0 unspecified atom stereocenters. The van der Waals surface area contributed by atoms with Crippen LogP contribution in [0.25, 0.3) is 0 Å². The number of hydrogen-bond donors (Lipinski definition) is 6. The molecule has 282 valence electrons. The molecule has 0 saturated carbocycles. The lowest BCUT2D eigenvalue weighted by atomic mass is 10.0. The van der Waals surface area contributed by atoms with E-state index in [1.54, 1.807) is 27.9 Å². The van der Waals surface area contributed by atoms with Gasteiger partial charge in [-0.1, -0.05) is 60.7 Å². The smallest absolute Gasteiger partial charge is 0.245 e. The molecule has 2 aliphatic heterocycles. The second-order valence-electron chi connectivity index (χ2n) is 13.5. The van der Waals surface area contributed by atoms with Crippen LogP contribution < -0.4 is 31.9 Å². The first-order valence-corrected chi connectivity index (χ1v) is 18.2. The molecule has 2 aromatic carbocycles. The van der Waals surface area contributed by atoms with Crippen LogP contribution in [0.1, 0.15) is 63.5 Å². The molecule has 4 rings (SSSR count). The normalized spacial score (nSPS) is 19.2. The van der Waals surface area contributed by atoms with Crippen molar-refractivity contribution in [3.05, 3.63) is 71.8 Å². The molecule has 2 fully saturated rings. The van der Waals surface area contributed by atoms with Crippen LogP contribution in [-0.2, 0) is 41.9 Å². The molecule has 0 aromatic heterocycles. The minimum Gasteiger partial charge on any atom is -0.350 e. The number of nitrogens with zero attached hydrogens (tertiary/aromatic N) is 2. The summed E-state index contributed by atoms with van der Waals surface area (Å²) in [6.45, 7) is 4.62. The lowest BCUT2D eigenvalue weighted by Crippen LogP contribution is -2.57. The number of hydrogen-bond acceptors (Lipinski definition) is 8. The zero-order valence-corrected chi connectivity index (χ0v) is 30.7. The van der Waals surface area contributed by atoms with E-state index in [1.165, 1.54) is 9.80 Å². The largest absolute Gasteiger partial charge is 0.350 e. The van der Waals surface area contributed by atoms with Crippen LogP contribution in [0.3, 0.4) is 0 Å². The predicted molar refractivity (Wildman–Crippen MR) is 196 cm³/mol. The van der Waals surface area contributed by atoms with E-state index in [0.717, 1.165) is 11.1 Å². The molecule has 0 bridgehead atoms. The molecule has 2 aliphatic rings. The van der Waals surface area contributed by atoms with Gasteiger partial charge in [0.15, 0.2) is 0 Å². The zero-order valence-electron chi connectivity index (χ0n) is 30.7. The van der Waals surface area contributed by atoms with Gasteiger partial charge in [-0.3, -0.25) is 28.8 Å². The number of benzene rings is 2. The first-order valence-electron chi connectivity index (χ1n) is 18.2. The van der Waals surface area contributed by atoms with Crippen LogP contribution >= 0.6 is 0 Å². The number of carbonyl (C=O) groups excluding carboxylic acids is 6. The van der Waals surface area contributed by atoms with Gasteiger partial charge in [0, 0.05) is 26.2 Å². The van der Waals surface area contributed by atoms with Gasteiger partial charge in [0.1, 0.15) is 24.2 Å². The lowest BCUT2D eigenvalue weighted by molar-refractivity contribution is -0.143. The Labute approximate surface area is 306 Å². The second-order valence-corrected chi connectivity index (χ2v) is 13.5. The third-order valence-corrected chi connectivity index (χ3v) is 9.92. The summed E-state index contributed by atoms with van der Waals surface area (Å²) in [6.07, 6.45) is 2.18. The first kappa shape index (κ1) is 40.0. The molecule has 2 saturated heterocycles. The highest BCUT2D eigenvalue weighted by molar-refractivity contribution is 5.95. The number of amides is 6. The molecular formula is C38H54N8O6. The zero-order chi connectivity index (χ0) is 37.6. The number of carbonyl (C=O) groups is 6. The highest BCUT2D eigenvalue weighted by Gasteiger charge is 2.41. The summed E-state index contributed by atoms with van der Waals surface area (Å²) in [4.78, 5) is 84.3. The fourth-order valence-corrected chi connectivity index (χ4v) is 6.52. The van der Waals surface area contributed by atoms with Gasteiger partial charge in [-0.25, -0.2) is 0 Å². The van der Waals surface area contributed by atoms with Gasteiger partial charge in [-0.2, -0.15) is 0 Å². The van der Waals surface area contributed by atoms with Gasteiger partial charge < -0.3 is 41.7 Å². The van der Waals surface area contributed by atoms with Gasteiger partial charge in [0.25, 0.3) is 0 Å². The van der Waals surface area contributed by atoms with Crippen molar-refractivity contribution >= 4 is 35.4 Å². The Hall–Kier alpha value is -4.82. The standard InChI is InChI=1S/C38H54N8O6/c1-25(39-3)33(47)43-29(37(51)45-21-11-17-31(45)35(49)41-23-27-13-7-5-8-14-27)19-20-30(44-34(48)26(2)40-4)38(52)46-22-12-18-32(46)36(50)42-24-28-15-9-6-10-16-28/h5-10,13-16,25-26,29-32,39-40H,11-12,17-24H2,1-4H3,(H,41,49)(H,42,50)(H,43,47)(H,44,48)/t25-,26-,29-,30-,31-,32-/m0/s1. The van der Waals surface area contributed by atoms with Crippen LogP contribution in [0.5, 0.6) is 0 Å². The Bertz CT molecular complexity index is 1410. The predicted octanol–water partition coefficient (Wildman–Crippen LogP) is 0.567. The van der Waals surface area contributed by atoms with Crippen molar-refractivity contribution < 1.29 is 28.8 Å². The minimum atomic E-state index is -1.08. The minimum absolute atomic E-state index is 0.000800. The van der Waals surface area contributed by atoms with E-state index in [9.17, 15) is 28.8 Å².